The fourth-order valence-corrected chi connectivity index (χ4v) is 4.88. The molecule has 1 aliphatic rings. The molecule has 0 aliphatic carbocycles. The molecule has 0 bridgehead atoms. The Bertz CT molecular complexity index is 1110. The minimum Gasteiger partial charge on any atom is -0.376 e. The number of carbonyl (C=O) groups excluding carboxylic acids is 1. The Morgan fingerprint density at radius 3 is 2.71 bits per heavy atom. The maximum absolute atomic E-state index is 13.2. The molecule has 0 N–H and O–H groups in total. The van der Waals surface area contributed by atoms with E-state index in [2.05, 4.69) is 0 Å². The number of rotatable bonds is 7. The zero-order valence-electron chi connectivity index (χ0n) is 17.9. The summed E-state index contributed by atoms with van der Waals surface area (Å²) >= 11 is 1.33. The summed E-state index contributed by atoms with van der Waals surface area (Å²) in [7, 11) is 1.81. The first-order valence-corrected chi connectivity index (χ1v) is 11.5. The summed E-state index contributed by atoms with van der Waals surface area (Å²) in [5.41, 5.74) is 1.64. The largest absolute Gasteiger partial charge is 0.376 e. The first-order chi connectivity index (χ1) is 15.0. The van der Waals surface area contributed by atoms with Gasteiger partial charge in [0.15, 0.2) is 5.16 Å². The van der Waals surface area contributed by atoms with E-state index in [1.165, 1.54) is 11.8 Å². The third-order valence-corrected chi connectivity index (χ3v) is 6.58. The Morgan fingerprint density at radius 2 is 1.97 bits per heavy atom. The predicted molar refractivity (Wildman–Crippen MR) is 123 cm³/mol. The second-order valence-corrected chi connectivity index (χ2v) is 9.21. The second kappa shape index (κ2) is 9.66. The molecule has 1 amide bonds. The number of thioether (sulfide) groups is 1. The molecule has 1 saturated heterocycles. The fourth-order valence-electron chi connectivity index (χ4n) is 3.84. The Morgan fingerprint density at radius 1 is 1.23 bits per heavy atom. The molecule has 1 aliphatic heterocycles. The second-order valence-electron chi connectivity index (χ2n) is 7.90. The van der Waals surface area contributed by atoms with Crippen molar-refractivity contribution in [2.75, 3.05) is 13.7 Å². The smallest absolute Gasteiger partial charge is 0.262 e. The molecule has 0 radical (unpaired) electrons. The fraction of sp³-hybridized carbons (Fsp3) is 0.375. The maximum atomic E-state index is 13.2. The van der Waals surface area contributed by atoms with Crippen LogP contribution in [0, 0.1) is 0 Å². The van der Waals surface area contributed by atoms with Gasteiger partial charge in [0.25, 0.3) is 5.56 Å². The molecule has 7 heteroatoms. The number of ether oxygens (including phenoxy) is 1. The molecule has 1 aromatic heterocycles. The molecule has 2 atom stereocenters. The highest BCUT2D eigenvalue weighted by atomic mass is 32.2. The van der Waals surface area contributed by atoms with Crippen LogP contribution in [0.1, 0.15) is 25.3 Å². The van der Waals surface area contributed by atoms with E-state index in [1.54, 1.807) is 22.6 Å². The van der Waals surface area contributed by atoms with Crippen molar-refractivity contribution in [2.45, 2.75) is 49.4 Å². The van der Waals surface area contributed by atoms with E-state index in [9.17, 15) is 9.59 Å². The van der Waals surface area contributed by atoms with Crippen molar-refractivity contribution in [3.05, 3.63) is 70.5 Å². The van der Waals surface area contributed by atoms with E-state index in [0.29, 0.717) is 29.1 Å². The molecule has 162 valence electrons. The van der Waals surface area contributed by atoms with Gasteiger partial charge in [-0.05, 0) is 37.5 Å². The number of hydrogen-bond donors (Lipinski definition) is 0. The van der Waals surface area contributed by atoms with E-state index < -0.39 is 0 Å². The molecule has 1 fully saturated rings. The van der Waals surface area contributed by atoms with E-state index in [1.807, 2.05) is 55.5 Å². The number of para-hydroxylation sites is 1. The van der Waals surface area contributed by atoms with Crippen LogP contribution in [-0.4, -0.2) is 45.4 Å². The summed E-state index contributed by atoms with van der Waals surface area (Å²) in [5, 5.41) is 0.774. The van der Waals surface area contributed by atoms with Gasteiger partial charge in [0.1, 0.15) is 0 Å². The third kappa shape index (κ3) is 4.99. The molecule has 0 unspecified atom stereocenters. The number of carbonyl (C=O) groups is 1. The van der Waals surface area contributed by atoms with Gasteiger partial charge in [-0.1, -0.05) is 54.2 Å². The van der Waals surface area contributed by atoms with Gasteiger partial charge in [0.05, 0.1) is 28.8 Å². The summed E-state index contributed by atoms with van der Waals surface area (Å²) in [5.74, 6) is -0.0000676. The summed E-state index contributed by atoms with van der Waals surface area (Å²) < 4.78 is 7.45. The van der Waals surface area contributed by atoms with Crippen LogP contribution in [0.3, 0.4) is 0 Å². The lowest BCUT2D eigenvalue weighted by Crippen LogP contribution is -2.34. The van der Waals surface area contributed by atoms with E-state index >= 15 is 0 Å². The number of hydrogen-bond acceptors (Lipinski definition) is 5. The molecule has 2 heterocycles. The quantitative estimate of drug-likeness (QED) is 0.416. The van der Waals surface area contributed by atoms with Crippen molar-refractivity contribution in [3.63, 3.8) is 0 Å². The third-order valence-electron chi connectivity index (χ3n) is 5.51. The van der Waals surface area contributed by atoms with Gasteiger partial charge in [-0.3, -0.25) is 14.2 Å². The first kappa shape index (κ1) is 21.6. The van der Waals surface area contributed by atoms with Crippen LogP contribution in [0.2, 0.25) is 0 Å². The number of amides is 1. The van der Waals surface area contributed by atoms with Crippen molar-refractivity contribution in [2.24, 2.45) is 0 Å². The van der Waals surface area contributed by atoms with Crippen molar-refractivity contribution < 1.29 is 9.53 Å². The van der Waals surface area contributed by atoms with E-state index in [0.717, 1.165) is 25.0 Å². The van der Waals surface area contributed by atoms with E-state index in [4.69, 9.17) is 9.72 Å². The van der Waals surface area contributed by atoms with Gasteiger partial charge >= 0.3 is 0 Å². The number of benzene rings is 2. The molecule has 6 nitrogen and oxygen atoms in total. The van der Waals surface area contributed by atoms with Crippen LogP contribution in [0.5, 0.6) is 0 Å². The number of fused-ring (bicyclic) bond motifs is 1. The lowest BCUT2D eigenvalue weighted by atomic mass is 10.2. The summed E-state index contributed by atoms with van der Waals surface area (Å²) in [6.07, 6.45) is 1.94. The van der Waals surface area contributed by atoms with Crippen molar-refractivity contribution in [1.29, 1.82) is 0 Å². The van der Waals surface area contributed by atoms with Crippen LogP contribution in [0.25, 0.3) is 10.9 Å². The van der Waals surface area contributed by atoms with Crippen LogP contribution in [0.4, 0.5) is 0 Å². The molecule has 31 heavy (non-hydrogen) atoms. The standard InChI is InChI=1S/C24H27N3O3S/c1-17(22(28)26(2)15-18-9-4-3-5-10-18)31-24-25-21-13-7-6-12-20(21)23(29)27(24)16-19-11-8-14-30-19/h3-7,9-10,12-13,17,19H,8,11,14-16H2,1-2H3/t17-,19+/m1/s1. The van der Waals surface area contributed by atoms with Gasteiger partial charge in [-0.2, -0.15) is 0 Å². The summed E-state index contributed by atoms with van der Waals surface area (Å²) in [4.78, 5) is 32.7. The zero-order valence-corrected chi connectivity index (χ0v) is 18.7. The Kier molecular flexibility index (Phi) is 6.73. The zero-order chi connectivity index (χ0) is 21.8. The Balaban J connectivity index is 1.58. The molecule has 0 saturated carbocycles. The topological polar surface area (TPSA) is 64.4 Å². The van der Waals surface area contributed by atoms with Crippen LogP contribution < -0.4 is 5.56 Å². The summed E-state index contributed by atoms with van der Waals surface area (Å²) in [6, 6.07) is 17.3. The monoisotopic (exact) mass is 437 g/mol. The molecule has 4 rings (SSSR count). The average Bonchev–Trinajstić information content (AvgIpc) is 3.30. The predicted octanol–water partition coefficient (Wildman–Crippen LogP) is 3.71. The normalized spacial score (nSPS) is 17.0. The van der Waals surface area contributed by atoms with Gasteiger partial charge in [-0.15, -0.1) is 0 Å². The number of aromatic nitrogens is 2. The highest BCUT2D eigenvalue weighted by Gasteiger charge is 2.24. The molecular formula is C24H27N3O3S. The van der Waals surface area contributed by atoms with Crippen molar-refractivity contribution in [3.8, 4) is 0 Å². The Hall–Kier alpha value is -2.64. The van der Waals surface area contributed by atoms with Crippen molar-refractivity contribution in [1.82, 2.24) is 14.5 Å². The van der Waals surface area contributed by atoms with Gasteiger partial charge in [-0.25, -0.2) is 4.98 Å². The van der Waals surface area contributed by atoms with Gasteiger partial charge < -0.3 is 9.64 Å². The Labute approximate surface area is 186 Å². The number of nitrogens with zero attached hydrogens (tertiary/aromatic N) is 3. The lowest BCUT2D eigenvalue weighted by molar-refractivity contribution is -0.129. The van der Waals surface area contributed by atoms with Gasteiger partial charge in [0.2, 0.25) is 5.91 Å². The lowest BCUT2D eigenvalue weighted by Gasteiger charge is -2.22. The van der Waals surface area contributed by atoms with Crippen LogP contribution >= 0.6 is 11.8 Å². The highest BCUT2D eigenvalue weighted by Crippen LogP contribution is 2.25. The molecule has 3 aromatic rings. The molecule has 2 aromatic carbocycles. The average molecular weight is 438 g/mol. The first-order valence-electron chi connectivity index (χ1n) is 10.6. The van der Waals surface area contributed by atoms with E-state index in [-0.39, 0.29) is 22.8 Å². The minimum atomic E-state index is -0.377. The molecular weight excluding hydrogens is 410 g/mol. The minimum absolute atomic E-state index is 0.0000676. The van der Waals surface area contributed by atoms with Crippen molar-refractivity contribution >= 4 is 28.6 Å². The molecule has 0 spiro atoms. The van der Waals surface area contributed by atoms with Crippen LogP contribution in [0.15, 0.2) is 64.5 Å². The van der Waals surface area contributed by atoms with Crippen LogP contribution in [-0.2, 0) is 22.6 Å². The summed E-state index contributed by atoms with van der Waals surface area (Å²) in [6.45, 7) is 3.59. The van der Waals surface area contributed by atoms with Gasteiger partial charge in [0, 0.05) is 20.2 Å². The SMILES string of the molecule is C[C@@H](Sc1nc2ccccc2c(=O)n1C[C@@H]1CCCO1)C(=O)N(C)Cc1ccccc1. The maximum Gasteiger partial charge on any atom is 0.262 e. The highest BCUT2D eigenvalue weighted by molar-refractivity contribution is 8.00.